The molecule has 1 aromatic rings. The molecule has 0 spiro atoms. The Labute approximate surface area is 112 Å². The topological polar surface area (TPSA) is 62.5 Å². The van der Waals surface area contributed by atoms with Crippen molar-refractivity contribution in [1.82, 2.24) is 9.88 Å². The van der Waals surface area contributed by atoms with Crippen LogP contribution in [0.5, 0.6) is 0 Å². The third-order valence-corrected chi connectivity index (χ3v) is 3.97. The lowest BCUT2D eigenvalue weighted by Crippen LogP contribution is -2.48. The fourth-order valence-corrected chi connectivity index (χ4v) is 2.73. The second-order valence-electron chi connectivity index (χ2n) is 4.70. The highest BCUT2D eigenvalue weighted by molar-refractivity contribution is 7.13. The second kappa shape index (κ2) is 6.15. The van der Waals surface area contributed by atoms with E-state index in [9.17, 15) is 4.79 Å². The van der Waals surface area contributed by atoms with Crippen molar-refractivity contribution in [1.29, 1.82) is 0 Å². The van der Waals surface area contributed by atoms with E-state index in [2.05, 4.69) is 9.88 Å². The summed E-state index contributed by atoms with van der Waals surface area (Å²) in [5, 5.41) is 3.04. The molecule has 2 rings (SSSR count). The Morgan fingerprint density at radius 2 is 2.22 bits per heavy atom. The summed E-state index contributed by atoms with van der Waals surface area (Å²) in [5.74, 6) is 0.228. The minimum Gasteiger partial charge on any atom is -0.345 e. The van der Waals surface area contributed by atoms with E-state index in [1.54, 1.807) is 11.3 Å². The molecule has 1 saturated heterocycles. The fraction of sp³-hybridized carbons (Fsp3) is 0.667. The quantitative estimate of drug-likeness (QED) is 0.882. The number of rotatable bonds is 4. The largest absolute Gasteiger partial charge is 0.345 e. The maximum Gasteiger partial charge on any atom is 0.222 e. The Morgan fingerprint density at radius 3 is 2.78 bits per heavy atom. The van der Waals surface area contributed by atoms with E-state index in [0.717, 1.165) is 37.7 Å². The molecule has 2 N–H and O–H groups in total. The van der Waals surface area contributed by atoms with Gasteiger partial charge in [0.05, 0.1) is 0 Å². The van der Waals surface area contributed by atoms with Crippen LogP contribution in [0, 0.1) is 0 Å². The smallest absolute Gasteiger partial charge is 0.222 e. The van der Waals surface area contributed by atoms with Gasteiger partial charge in [0.2, 0.25) is 5.91 Å². The molecule has 0 radical (unpaired) electrons. The first-order chi connectivity index (χ1) is 8.66. The minimum absolute atomic E-state index is 0.102. The first kappa shape index (κ1) is 13.3. The van der Waals surface area contributed by atoms with Crippen molar-refractivity contribution in [2.45, 2.75) is 25.8 Å². The van der Waals surface area contributed by atoms with E-state index in [-0.39, 0.29) is 11.9 Å². The van der Waals surface area contributed by atoms with Gasteiger partial charge in [-0.1, -0.05) is 0 Å². The summed E-state index contributed by atoms with van der Waals surface area (Å²) >= 11 is 1.65. The first-order valence-electron chi connectivity index (χ1n) is 6.34. The van der Waals surface area contributed by atoms with Gasteiger partial charge in [-0.2, -0.15) is 0 Å². The van der Waals surface area contributed by atoms with Crippen molar-refractivity contribution in [2.24, 2.45) is 5.73 Å². The molecule has 5 nitrogen and oxygen atoms in total. The standard InChI is InChI=1S/C12H20N4OS/c1-10(13)2-3-11(17)15-5-7-16(8-6-15)12-14-4-9-18-12/h4,9-10H,2-3,5-8,13H2,1H3. The lowest BCUT2D eigenvalue weighted by molar-refractivity contribution is -0.131. The number of nitrogens with two attached hydrogens (primary N) is 1. The van der Waals surface area contributed by atoms with Gasteiger partial charge in [0.25, 0.3) is 0 Å². The molecule has 1 unspecified atom stereocenters. The third-order valence-electron chi connectivity index (χ3n) is 3.14. The van der Waals surface area contributed by atoms with Gasteiger partial charge < -0.3 is 15.5 Å². The van der Waals surface area contributed by atoms with E-state index in [1.165, 1.54) is 0 Å². The molecule has 1 amide bonds. The van der Waals surface area contributed by atoms with E-state index in [1.807, 2.05) is 23.4 Å². The Morgan fingerprint density at radius 1 is 1.50 bits per heavy atom. The molecule has 0 bridgehead atoms. The summed E-state index contributed by atoms with van der Waals surface area (Å²) in [6.45, 7) is 5.26. The molecule has 18 heavy (non-hydrogen) atoms. The fourth-order valence-electron chi connectivity index (χ4n) is 2.03. The van der Waals surface area contributed by atoms with Gasteiger partial charge in [-0.3, -0.25) is 4.79 Å². The zero-order valence-electron chi connectivity index (χ0n) is 10.7. The number of thiazole rings is 1. The van der Waals surface area contributed by atoms with Gasteiger partial charge in [0, 0.05) is 50.2 Å². The van der Waals surface area contributed by atoms with E-state index in [4.69, 9.17) is 5.73 Å². The number of amides is 1. The van der Waals surface area contributed by atoms with Crippen molar-refractivity contribution in [2.75, 3.05) is 31.1 Å². The van der Waals surface area contributed by atoms with Crippen LogP contribution >= 0.6 is 11.3 Å². The lowest BCUT2D eigenvalue weighted by Gasteiger charge is -2.34. The zero-order valence-corrected chi connectivity index (χ0v) is 11.5. The van der Waals surface area contributed by atoms with Crippen LogP contribution in [0.2, 0.25) is 0 Å². The molecular weight excluding hydrogens is 248 g/mol. The molecular formula is C12H20N4OS. The summed E-state index contributed by atoms with van der Waals surface area (Å²) in [4.78, 5) is 20.4. The highest BCUT2D eigenvalue weighted by Gasteiger charge is 2.22. The predicted octanol–water partition coefficient (Wildman–Crippen LogP) is 0.919. The van der Waals surface area contributed by atoms with Gasteiger partial charge in [-0.15, -0.1) is 11.3 Å². The number of anilines is 1. The maximum atomic E-state index is 11.9. The number of piperazine rings is 1. The normalized spacial score (nSPS) is 17.9. The monoisotopic (exact) mass is 268 g/mol. The molecule has 100 valence electrons. The first-order valence-corrected chi connectivity index (χ1v) is 7.22. The molecule has 1 aliphatic heterocycles. The van der Waals surface area contributed by atoms with Crippen LogP contribution in [0.15, 0.2) is 11.6 Å². The predicted molar refractivity (Wildman–Crippen MR) is 73.8 cm³/mol. The molecule has 0 saturated carbocycles. The molecule has 1 aromatic heterocycles. The molecule has 1 aliphatic rings. The summed E-state index contributed by atoms with van der Waals surface area (Å²) in [5.41, 5.74) is 5.67. The van der Waals surface area contributed by atoms with Crippen LogP contribution in [0.4, 0.5) is 5.13 Å². The number of aromatic nitrogens is 1. The zero-order chi connectivity index (χ0) is 13.0. The third kappa shape index (κ3) is 3.43. The van der Waals surface area contributed by atoms with E-state index < -0.39 is 0 Å². The Bertz CT molecular complexity index is 371. The average molecular weight is 268 g/mol. The highest BCUT2D eigenvalue weighted by Crippen LogP contribution is 2.19. The van der Waals surface area contributed by atoms with Crippen molar-refractivity contribution in [3.8, 4) is 0 Å². The number of carbonyl (C=O) groups is 1. The Hall–Kier alpha value is -1.14. The number of hydrogen-bond donors (Lipinski definition) is 1. The van der Waals surface area contributed by atoms with Gasteiger partial charge in [-0.05, 0) is 13.3 Å². The van der Waals surface area contributed by atoms with Crippen LogP contribution < -0.4 is 10.6 Å². The molecule has 6 heteroatoms. The summed E-state index contributed by atoms with van der Waals surface area (Å²) in [6.07, 6.45) is 3.15. The van der Waals surface area contributed by atoms with Crippen LogP contribution in [-0.4, -0.2) is 48.0 Å². The molecule has 0 aromatic carbocycles. The SMILES string of the molecule is CC(N)CCC(=O)N1CCN(c2nccs2)CC1. The van der Waals surface area contributed by atoms with Crippen LogP contribution in [0.3, 0.4) is 0 Å². The van der Waals surface area contributed by atoms with Gasteiger partial charge in [-0.25, -0.2) is 4.98 Å². The number of carbonyl (C=O) groups excluding carboxylic acids is 1. The van der Waals surface area contributed by atoms with Crippen LogP contribution in [0.25, 0.3) is 0 Å². The summed E-state index contributed by atoms with van der Waals surface area (Å²) < 4.78 is 0. The van der Waals surface area contributed by atoms with Crippen LogP contribution in [0.1, 0.15) is 19.8 Å². The van der Waals surface area contributed by atoms with Gasteiger partial charge in [0.15, 0.2) is 5.13 Å². The van der Waals surface area contributed by atoms with Crippen molar-refractivity contribution in [3.05, 3.63) is 11.6 Å². The van der Waals surface area contributed by atoms with E-state index >= 15 is 0 Å². The lowest BCUT2D eigenvalue weighted by atomic mass is 10.1. The van der Waals surface area contributed by atoms with Gasteiger partial charge in [0.1, 0.15) is 0 Å². The Balaban J connectivity index is 1.78. The van der Waals surface area contributed by atoms with Gasteiger partial charge >= 0.3 is 0 Å². The maximum absolute atomic E-state index is 11.9. The highest BCUT2D eigenvalue weighted by atomic mass is 32.1. The number of nitrogens with zero attached hydrogens (tertiary/aromatic N) is 3. The number of hydrogen-bond acceptors (Lipinski definition) is 5. The van der Waals surface area contributed by atoms with Crippen molar-refractivity contribution in [3.63, 3.8) is 0 Å². The Kier molecular flexibility index (Phi) is 4.54. The second-order valence-corrected chi connectivity index (χ2v) is 5.57. The molecule has 2 heterocycles. The summed E-state index contributed by atoms with van der Waals surface area (Å²) in [7, 11) is 0. The molecule has 0 aliphatic carbocycles. The van der Waals surface area contributed by atoms with Crippen LogP contribution in [-0.2, 0) is 4.79 Å². The minimum atomic E-state index is 0.102. The van der Waals surface area contributed by atoms with Crippen molar-refractivity contribution < 1.29 is 4.79 Å². The average Bonchev–Trinajstić information content (AvgIpc) is 2.90. The molecule has 1 fully saturated rings. The summed E-state index contributed by atoms with van der Waals surface area (Å²) in [6, 6.07) is 0.102. The molecule has 1 atom stereocenters. The van der Waals surface area contributed by atoms with E-state index in [0.29, 0.717) is 6.42 Å². The van der Waals surface area contributed by atoms with Crippen molar-refractivity contribution >= 4 is 22.4 Å².